The zero-order valence-electron chi connectivity index (χ0n) is 8.15. The molecule has 74 valence electrons. The smallest absolute Gasteiger partial charge is 0.0956 e. The van der Waals surface area contributed by atoms with Gasteiger partial charge in [-0.3, -0.25) is 0 Å². The largest absolute Gasteiger partial charge is 0.472 e. The maximum atomic E-state index is 6.09. The van der Waals surface area contributed by atoms with Crippen LogP contribution in [-0.4, -0.2) is 4.98 Å². The van der Waals surface area contributed by atoms with Crippen LogP contribution in [0.25, 0.3) is 0 Å². The molecular formula is C10H12N2OS. The molecule has 2 N–H and O–H groups in total. The zero-order chi connectivity index (χ0) is 10.1. The number of aromatic nitrogens is 1. The summed E-state index contributed by atoms with van der Waals surface area (Å²) in [5.74, 6) is 0. The molecule has 0 spiro atoms. The lowest BCUT2D eigenvalue weighted by atomic mass is 10.1. The molecule has 2 heterocycles. The Morgan fingerprint density at radius 2 is 2.21 bits per heavy atom. The normalized spacial score (nSPS) is 13.1. The van der Waals surface area contributed by atoms with Crippen LogP contribution in [0.5, 0.6) is 0 Å². The SMILES string of the molecule is Cc1ncc(C(N)c2cocc2C)s1. The first-order valence-electron chi connectivity index (χ1n) is 4.39. The van der Waals surface area contributed by atoms with E-state index in [0.29, 0.717) is 0 Å². The Kier molecular flexibility index (Phi) is 2.39. The molecule has 0 saturated carbocycles. The van der Waals surface area contributed by atoms with Crippen LogP contribution >= 0.6 is 11.3 Å². The third-order valence-corrected chi connectivity index (χ3v) is 3.17. The van der Waals surface area contributed by atoms with Crippen molar-refractivity contribution in [3.63, 3.8) is 0 Å². The van der Waals surface area contributed by atoms with Crippen molar-refractivity contribution in [1.29, 1.82) is 0 Å². The third-order valence-electron chi connectivity index (χ3n) is 2.18. The summed E-state index contributed by atoms with van der Waals surface area (Å²) >= 11 is 1.62. The van der Waals surface area contributed by atoms with E-state index in [2.05, 4.69) is 4.98 Å². The molecule has 0 aromatic carbocycles. The molecule has 0 bridgehead atoms. The number of nitrogens with two attached hydrogens (primary N) is 1. The van der Waals surface area contributed by atoms with E-state index in [4.69, 9.17) is 10.2 Å². The Hall–Kier alpha value is -1.13. The molecule has 4 heteroatoms. The van der Waals surface area contributed by atoms with Gasteiger partial charge in [0, 0.05) is 16.6 Å². The molecule has 2 aromatic rings. The van der Waals surface area contributed by atoms with Crippen molar-refractivity contribution in [2.75, 3.05) is 0 Å². The van der Waals surface area contributed by atoms with E-state index < -0.39 is 0 Å². The minimum Gasteiger partial charge on any atom is -0.472 e. The fourth-order valence-electron chi connectivity index (χ4n) is 1.36. The summed E-state index contributed by atoms with van der Waals surface area (Å²) in [7, 11) is 0. The van der Waals surface area contributed by atoms with Crippen LogP contribution in [0.1, 0.15) is 27.1 Å². The van der Waals surface area contributed by atoms with Crippen molar-refractivity contribution in [2.24, 2.45) is 5.73 Å². The number of hydrogen-bond donors (Lipinski definition) is 1. The number of furan rings is 1. The summed E-state index contributed by atoms with van der Waals surface area (Å²) in [5, 5.41) is 1.04. The summed E-state index contributed by atoms with van der Waals surface area (Å²) in [6, 6.07) is -0.111. The minimum absolute atomic E-state index is 0.111. The Morgan fingerprint density at radius 3 is 2.71 bits per heavy atom. The van der Waals surface area contributed by atoms with Gasteiger partial charge in [0.25, 0.3) is 0 Å². The van der Waals surface area contributed by atoms with E-state index in [1.165, 1.54) is 0 Å². The van der Waals surface area contributed by atoms with Crippen LogP contribution in [0.15, 0.2) is 23.1 Å². The number of rotatable bonds is 2. The fourth-order valence-corrected chi connectivity index (χ4v) is 2.17. The molecule has 0 aliphatic heterocycles. The summed E-state index contributed by atoms with van der Waals surface area (Å²) < 4.78 is 5.10. The van der Waals surface area contributed by atoms with Gasteiger partial charge in [-0.1, -0.05) is 0 Å². The van der Waals surface area contributed by atoms with Gasteiger partial charge in [-0.25, -0.2) is 4.98 Å². The molecule has 0 saturated heterocycles. The Labute approximate surface area is 86.6 Å². The van der Waals surface area contributed by atoms with Gasteiger partial charge in [0.15, 0.2) is 0 Å². The molecule has 0 radical (unpaired) electrons. The van der Waals surface area contributed by atoms with Crippen molar-refractivity contribution < 1.29 is 4.42 Å². The van der Waals surface area contributed by atoms with Gasteiger partial charge in [-0.05, 0) is 19.4 Å². The van der Waals surface area contributed by atoms with E-state index in [0.717, 1.165) is 21.0 Å². The summed E-state index contributed by atoms with van der Waals surface area (Å²) in [4.78, 5) is 5.26. The lowest BCUT2D eigenvalue weighted by Crippen LogP contribution is -2.10. The van der Waals surface area contributed by atoms with Crippen molar-refractivity contribution in [3.05, 3.63) is 39.7 Å². The standard InChI is InChI=1S/C10H12N2OS/c1-6-4-13-5-8(6)10(11)9-3-12-7(2)14-9/h3-5,10H,11H2,1-2H3. The van der Waals surface area contributed by atoms with E-state index in [-0.39, 0.29) is 6.04 Å². The second-order valence-corrected chi connectivity index (χ2v) is 4.54. The molecule has 1 unspecified atom stereocenters. The minimum atomic E-state index is -0.111. The van der Waals surface area contributed by atoms with Crippen LogP contribution in [0.3, 0.4) is 0 Å². The number of aryl methyl sites for hydroxylation is 2. The van der Waals surface area contributed by atoms with Gasteiger partial charge in [0.1, 0.15) is 0 Å². The van der Waals surface area contributed by atoms with E-state index in [1.807, 2.05) is 20.0 Å². The van der Waals surface area contributed by atoms with Crippen LogP contribution in [0, 0.1) is 13.8 Å². The maximum Gasteiger partial charge on any atom is 0.0956 e. The van der Waals surface area contributed by atoms with Crippen LogP contribution in [0.4, 0.5) is 0 Å². The van der Waals surface area contributed by atoms with Crippen LogP contribution < -0.4 is 5.73 Å². The molecule has 1 atom stereocenters. The molecule has 0 aliphatic carbocycles. The van der Waals surface area contributed by atoms with Crippen molar-refractivity contribution in [3.8, 4) is 0 Å². The second kappa shape index (κ2) is 3.55. The molecule has 0 aliphatic rings. The fraction of sp³-hybridized carbons (Fsp3) is 0.300. The number of thiazole rings is 1. The highest BCUT2D eigenvalue weighted by atomic mass is 32.1. The lowest BCUT2D eigenvalue weighted by Gasteiger charge is -2.06. The van der Waals surface area contributed by atoms with E-state index in [9.17, 15) is 0 Å². The van der Waals surface area contributed by atoms with Crippen molar-refractivity contribution >= 4 is 11.3 Å². The molecule has 2 aromatic heterocycles. The second-order valence-electron chi connectivity index (χ2n) is 3.27. The van der Waals surface area contributed by atoms with E-state index >= 15 is 0 Å². The van der Waals surface area contributed by atoms with Gasteiger partial charge in [-0.15, -0.1) is 11.3 Å². The highest BCUT2D eigenvalue weighted by Gasteiger charge is 2.15. The maximum absolute atomic E-state index is 6.09. The molecule has 2 rings (SSSR count). The van der Waals surface area contributed by atoms with Gasteiger partial charge in [0.05, 0.1) is 23.6 Å². The Morgan fingerprint density at radius 1 is 1.43 bits per heavy atom. The first kappa shape index (κ1) is 9.43. The number of hydrogen-bond acceptors (Lipinski definition) is 4. The Bertz CT molecular complexity index is 433. The van der Waals surface area contributed by atoms with Crippen LogP contribution in [0.2, 0.25) is 0 Å². The van der Waals surface area contributed by atoms with Crippen LogP contribution in [-0.2, 0) is 0 Å². The monoisotopic (exact) mass is 208 g/mol. The first-order chi connectivity index (χ1) is 6.68. The zero-order valence-corrected chi connectivity index (χ0v) is 8.97. The van der Waals surface area contributed by atoms with Gasteiger partial charge >= 0.3 is 0 Å². The van der Waals surface area contributed by atoms with Gasteiger partial charge < -0.3 is 10.2 Å². The summed E-state index contributed by atoms with van der Waals surface area (Å²) in [6.45, 7) is 3.97. The quantitative estimate of drug-likeness (QED) is 0.824. The summed E-state index contributed by atoms with van der Waals surface area (Å²) in [6.07, 6.45) is 5.25. The molecular weight excluding hydrogens is 196 g/mol. The average Bonchev–Trinajstić information content (AvgIpc) is 2.73. The predicted octanol–water partition coefficient (Wildman–Crippen LogP) is 2.40. The third kappa shape index (κ3) is 1.58. The molecule has 0 amide bonds. The topological polar surface area (TPSA) is 52.0 Å². The highest BCUT2D eigenvalue weighted by Crippen LogP contribution is 2.27. The van der Waals surface area contributed by atoms with Crippen molar-refractivity contribution in [1.82, 2.24) is 4.98 Å². The number of nitrogens with zero attached hydrogens (tertiary/aromatic N) is 1. The summed E-state index contributed by atoms with van der Waals surface area (Å²) in [5.41, 5.74) is 8.21. The van der Waals surface area contributed by atoms with Gasteiger partial charge in [-0.2, -0.15) is 0 Å². The molecule has 0 fully saturated rings. The first-order valence-corrected chi connectivity index (χ1v) is 5.20. The highest BCUT2D eigenvalue weighted by molar-refractivity contribution is 7.11. The lowest BCUT2D eigenvalue weighted by molar-refractivity contribution is 0.561. The molecule has 3 nitrogen and oxygen atoms in total. The predicted molar refractivity (Wildman–Crippen MR) is 56.3 cm³/mol. The van der Waals surface area contributed by atoms with Crippen molar-refractivity contribution in [2.45, 2.75) is 19.9 Å². The van der Waals surface area contributed by atoms with Gasteiger partial charge in [0.2, 0.25) is 0 Å². The average molecular weight is 208 g/mol. The van der Waals surface area contributed by atoms with E-state index in [1.54, 1.807) is 23.9 Å². The molecule has 14 heavy (non-hydrogen) atoms. The Balaban J connectivity index is 2.33.